The molecular formula is C13H22N2O3. The summed E-state index contributed by atoms with van der Waals surface area (Å²) in [6.07, 6.45) is 1.71. The van der Waals surface area contributed by atoms with E-state index in [-0.39, 0.29) is 12.6 Å². The fourth-order valence-corrected chi connectivity index (χ4v) is 1.80. The van der Waals surface area contributed by atoms with Gasteiger partial charge < -0.3 is 19.5 Å². The lowest BCUT2D eigenvalue weighted by Crippen LogP contribution is -2.39. The molecule has 1 atom stereocenters. The zero-order chi connectivity index (χ0) is 13.4. The van der Waals surface area contributed by atoms with Gasteiger partial charge >= 0.3 is 0 Å². The van der Waals surface area contributed by atoms with Gasteiger partial charge in [0.05, 0.1) is 25.9 Å². The first-order valence-electron chi connectivity index (χ1n) is 6.03. The van der Waals surface area contributed by atoms with E-state index in [1.807, 2.05) is 6.07 Å². The summed E-state index contributed by atoms with van der Waals surface area (Å²) in [5, 5.41) is 9.17. The molecule has 1 rings (SSSR count). The molecule has 0 saturated heterocycles. The van der Waals surface area contributed by atoms with Crippen molar-refractivity contribution in [2.45, 2.75) is 19.6 Å². The fraction of sp³-hybridized carbons (Fsp3) is 0.615. The van der Waals surface area contributed by atoms with Crippen molar-refractivity contribution in [1.82, 2.24) is 4.98 Å². The molecule has 0 aliphatic carbocycles. The topological polar surface area (TPSA) is 54.8 Å². The van der Waals surface area contributed by atoms with E-state index in [0.717, 1.165) is 17.9 Å². The highest BCUT2D eigenvalue weighted by Gasteiger charge is 2.15. The predicted octanol–water partition coefficient (Wildman–Crippen LogP) is 1.06. The second-order valence-corrected chi connectivity index (χ2v) is 4.17. The van der Waals surface area contributed by atoms with E-state index in [0.29, 0.717) is 13.2 Å². The van der Waals surface area contributed by atoms with Gasteiger partial charge in [-0.1, -0.05) is 0 Å². The third kappa shape index (κ3) is 4.25. The fourth-order valence-electron chi connectivity index (χ4n) is 1.80. The Labute approximate surface area is 108 Å². The first-order chi connectivity index (χ1) is 8.72. The Morgan fingerprint density at radius 2 is 2.17 bits per heavy atom. The molecule has 1 heterocycles. The van der Waals surface area contributed by atoms with Crippen molar-refractivity contribution >= 4 is 5.82 Å². The van der Waals surface area contributed by atoms with Gasteiger partial charge in [0, 0.05) is 27.0 Å². The van der Waals surface area contributed by atoms with Crippen LogP contribution in [0.25, 0.3) is 0 Å². The molecule has 0 amide bonds. The van der Waals surface area contributed by atoms with Gasteiger partial charge in [0.15, 0.2) is 0 Å². The summed E-state index contributed by atoms with van der Waals surface area (Å²) in [4.78, 5) is 6.46. The second kappa shape index (κ2) is 8.02. The number of hydrogen-bond donors (Lipinski definition) is 1. The summed E-state index contributed by atoms with van der Waals surface area (Å²) in [5.41, 5.74) is 0.854. The molecular weight excluding hydrogens is 232 g/mol. The molecule has 18 heavy (non-hydrogen) atoms. The molecule has 0 radical (unpaired) electrons. The summed E-state index contributed by atoms with van der Waals surface area (Å²) in [6.45, 7) is 4.08. The monoisotopic (exact) mass is 254 g/mol. The van der Waals surface area contributed by atoms with E-state index in [1.54, 1.807) is 26.5 Å². The molecule has 0 fully saturated rings. The molecule has 5 heteroatoms. The van der Waals surface area contributed by atoms with Crippen LogP contribution in [0.1, 0.15) is 12.5 Å². The van der Waals surface area contributed by atoms with Crippen molar-refractivity contribution < 1.29 is 14.6 Å². The highest BCUT2D eigenvalue weighted by molar-refractivity contribution is 5.42. The number of aliphatic hydroxyl groups excluding tert-OH is 1. The molecule has 1 aromatic heterocycles. The minimum atomic E-state index is 0.0201. The number of ether oxygens (including phenoxy) is 2. The summed E-state index contributed by atoms with van der Waals surface area (Å²) >= 11 is 0. The standard InChI is InChI=1S/C13H22N2O3/c1-11(10-18-3)15(6-7-17-2)13-8-12(9-16)4-5-14-13/h4-5,8,11,16H,6-7,9-10H2,1-3H3. The van der Waals surface area contributed by atoms with E-state index in [9.17, 15) is 0 Å². The van der Waals surface area contributed by atoms with Crippen molar-refractivity contribution in [2.75, 3.05) is 38.9 Å². The number of aromatic nitrogens is 1. The van der Waals surface area contributed by atoms with Gasteiger partial charge in [0.25, 0.3) is 0 Å². The lowest BCUT2D eigenvalue weighted by Gasteiger charge is -2.29. The average Bonchev–Trinajstić information content (AvgIpc) is 2.40. The Hall–Kier alpha value is -1.17. The molecule has 102 valence electrons. The highest BCUT2D eigenvalue weighted by Crippen LogP contribution is 2.15. The SMILES string of the molecule is COCCN(c1cc(CO)ccn1)C(C)COC. The van der Waals surface area contributed by atoms with Crippen LogP contribution in [0.3, 0.4) is 0 Å². The van der Waals surface area contributed by atoms with Crippen LogP contribution in [0.2, 0.25) is 0 Å². The molecule has 5 nitrogen and oxygen atoms in total. The maximum absolute atomic E-state index is 9.17. The van der Waals surface area contributed by atoms with E-state index >= 15 is 0 Å². The first kappa shape index (κ1) is 14.9. The van der Waals surface area contributed by atoms with Crippen molar-refractivity contribution in [3.63, 3.8) is 0 Å². The molecule has 1 aromatic rings. The smallest absolute Gasteiger partial charge is 0.129 e. The Kier molecular flexibility index (Phi) is 6.64. The number of hydrogen-bond acceptors (Lipinski definition) is 5. The zero-order valence-corrected chi connectivity index (χ0v) is 11.3. The molecule has 1 unspecified atom stereocenters. The zero-order valence-electron chi connectivity index (χ0n) is 11.3. The van der Waals surface area contributed by atoms with Crippen molar-refractivity contribution in [3.05, 3.63) is 23.9 Å². The number of methoxy groups -OCH3 is 2. The summed E-state index contributed by atoms with van der Waals surface area (Å²) in [6, 6.07) is 3.90. The van der Waals surface area contributed by atoms with E-state index in [1.165, 1.54) is 0 Å². The van der Waals surface area contributed by atoms with E-state index in [2.05, 4.69) is 16.8 Å². The molecule has 0 saturated carbocycles. The molecule has 0 aliphatic rings. The number of rotatable bonds is 8. The van der Waals surface area contributed by atoms with Crippen LogP contribution in [-0.4, -0.2) is 50.1 Å². The second-order valence-electron chi connectivity index (χ2n) is 4.17. The largest absolute Gasteiger partial charge is 0.392 e. The van der Waals surface area contributed by atoms with E-state index in [4.69, 9.17) is 14.6 Å². The van der Waals surface area contributed by atoms with Crippen LogP contribution in [0.5, 0.6) is 0 Å². The maximum Gasteiger partial charge on any atom is 0.129 e. The van der Waals surface area contributed by atoms with Gasteiger partial charge in [-0.05, 0) is 24.6 Å². The third-order valence-electron chi connectivity index (χ3n) is 2.76. The minimum Gasteiger partial charge on any atom is -0.392 e. The Morgan fingerprint density at radius 1 is 1.39 bits per heavy atom. The number of nitrogens with zero attached hydrogens (tertiary/aromatic N) is 2. The summed E-state index contributed by atoms with van der Waals surface area (Å²) in [7, 11) is 3.36. The van der Waals surface area contributed by atoms with Gasteiger partial charge in [-0.3, -0.25) is 0 Å². The van der Waals surface area contributed by atoms with Gasteiger partial charge in [-0.25, -0.2) is 4.98 Å². The molecule has 0 aromatic carbocycles. The Balaban J connectivity index is 2.85. The van der Waals surface area contributed by atoms with Crippen LogP contribution < -0.4 is 4.90 Å². The van der Waals surface area contributed by atoms with Crippen LogP contribution in [-0.2, 0) is 16.1 Å². The van der Waals surface area contributed by atoms with Gasteiger partial charge in [0.1, 0.15) is 5.82 Å². The van der Waals surface area contributed by atoms with Crippen LogP contribution >= 0.6 is 0 Å². The Morgan fingerprint density at radius 3 is 2.78 bits per heavy atom. The normalized spacial score (nSPS) is 12.4. The van der Waals surface area contributed by atoms with Gasteiger partial charge in [-0.15, -0.1) is 0 Å². The summed E-state index contributed by atoms with van der Waals surface area (Å²) < 4.78 is 10.3. The van der Waals surface area contributed by atoms with Crippen molar-refractivity contribution in [3.8, 4) is 0 Å². The minimum absolute atomic E-state index is 0.0201. The lowest BCUT2D eigenvalue weighted by molar-refractivity contribution is 0.170. The molecule has 0 bridgehead atoms. The van der Waals surface area contributed by atoms with Crippen molar-refractivity contribution in [2.24, 2.45) is 0 Å². The van der Waals surface area contributed by atoms with Crippen LogP contribution in [0.4, 0.5) is 5.82 Å². The molecule has 1 N–H and O–H groups in total. The average molecular weight is 254 g/mol. The highest BCUT2D eigenvalue weighted by atomic mass is 16.5. The quantitative estimate of drug-likeness (QED) is 0.752. The third-order valence-corrected chi connectivity index (χ3v) is 2.76. The van der Waals surface area contributed by atoms with Gasteiger partial charge in [0.2, 0.25) is 0 Å². The van der Waals surface area contributed by atoms with E-state index < -0.39 is 0 Å². The number of pyridine rings is 1. The van der Waals surface area contributed by atoms with Crippen LogP contribution in [0, 0.1) is 0 Å². The number of anilines is 1. The number of aliphatic hydroxyl groups is 1. The van der Waals surface area contributed by atoms with Crippen LogP contribution in [0.15, 0.2) is 18.3 Å². The molecule has 0 aliphatic heterocycles. The lowest BCUT2D eigenvalue weighted by atomic mass is 10.2. The summed E-state index contributed by atoms with van der Waals surface area (Å²) in [5.74, 6) is 0.836. The van der Waals surface area contributed by atoms with Crippen molar-refractivity contribution in [1.29, 1.82) is 0 Å². The maximum atomic E-state index is 9.17. The Bertz CT molecular complexity index is 347. The first-order valence-corrected chi connectivity index (χ1v) is 6.03. The predicted molar refractivity (Wildman–Crippen MR) is 70.7 cm³/mol. The molecule has 0 spiro atoms. The van der Waals surface area contributed by atoms with Gasteiger partial charge in [-0.2, -0.15) is 0 Å².